The molecule has 1 heterocycles. The van der Waals surface area contributed by atoms with E-state index in [1.807, 2.05) is 43.5 Å². The van der Waals surface area contributed by atoms with Gasteiger partial charge in [0.15, 0.2) is 0 Å². The predicted octanol–water partition coefficient (Wildman–Crippen LogP) is 3.09. The lowest BCUT2D eigenvalue weighted by Gasteiger charge is -2.12. The van der Waals surface area contributed by atoms with E-state index in [1.165, 1.54) is 0 Å². The number of aromatic nitrogens is 1. The molecular formula is C13H13ClN2. The molecule has 2 nitrogen and oxygen atoms in total. The Morgan fingerprint density at radius 2 is 1.81 bits per heavy atom. The fourth-order valence-electron chi connectivity index (χ4n) is 1.61. The molecule has 0 aliphatic heterocycles. The van der Waals surface area contributed by atoms with Crippen LogP contribution in [-0.2, 0) is 0 Å². The van der Waals surface area contributed by atoms with Gasteiger partial charge in [-0.05, 0) is 35.7 Å². The summed E-state index contributed by atoms with van der Waals surface area (Å²) >= 11 is 5.83. The summed E-state index contributed by atoms with van der Waals surface area (Å²) in [6, 6.07) is 9.47. The number of nitrogens with zero attached hydrogens (tertiary/aromatic N) is 1. The van der Waals surface area contributed by atoms with Gasteiger partial charge >= 0.3 is 0 Å². The van der Waals surface area contributed by atoms with Gasteiger partial charge in [0.1, 0.15) is 0 Å². The van der Waals surface area contributed by atoms with E-state index in [2.05, 4.69) is 4.98 Å². The minimum absolute atomic E-state index is 0.148. The smallest absolute Gasteiger partial charge is 0.0567 e. The monoisotopic (exact) mass is 232 g/mol. The van der Waals surface area contributed by atoms with Gasteiger partial charge in [-0.1, -0.05) is 29.8 Å². The van der Waals surface area contributed by atoms with Crippen LogP contribution in [-0.4, -0.2) is 4.98 Å². The van der Waals surface area contributed by atoms with Crippen molar-refractivity contribution in [3.8, 4) is 0 Å². The predicted molar refractivity (Wildman–Crippen MR) is 66.5 cm³/mol. The zero-order valence-electron chi connectivity index (χ0n) is 9.02. The van der Waals surface area contributed by atoms with Gasteiger partial charge in [0.05, 0.1) is 6.04 Å². The Hall–Kier alpha value is -1.38. The van der Waals surface area contributed by atoms with Crippen molar-refractivity contribution in [2.75, 3.05) is 0 Å². The number of aryl methyl sites for hydroxylation is 1. The Labute approximate surface area is 100 Å². The molecule has 3 heteroatoms. The molecule has 0 fully saturated rings. The van der Waals surface area contributed by atoms with Crippen LogP contribution in [0.1, 0.15) is 22.7 Å². The average molecular weight is 233 g/mol. The molecule has 2 aromatic rings. The van der Waals surface area contributed by atoms with Crippen LogP contribution in [0.3, 0.4) is 0 Å². The summed E-state index contributed by atoms with van der Waals surface area (Å²) in [4.78, 5) is 4.14. The molecule has 0 aliphatic rings. The van der Waals surface area contributed by atoms with Gasteiger partial charge in [-0.25, -0.2) is 0 Å². The van der Waals surface area contributed by atoms with Gasteiger partial charge in [0.2, 0.25) is 0 Å². The molecular weight excluding hydrogens is 220 g/mol. The molecule has 2 N–H and O–H groups in total. The van der Waals surface area contributed by atoms with Crippen LogP contribution in [0.5, 0.6) is 0 Å². The average Bonchev–Trinajstić information content (AvgIpc) is 2.29. The zero-order chi connectivity index (χ0) is 11.5. The molecule has 1 atom stereocenters. The van der Waals surface area contributed by atoms with Gasteiger partial charge in [0.25, 0.3) is 0 Å². The Balaban J connectivity index is 2.31. The third kappa shape index (κ3) is 2.40. The maximum absolute atomic E-state index is 6.15. The third-order valence-corrected chi connectivity index (χ3v) is 2.74. The number of hydrogen-bond acceptors (Lipinski definition) is 2. The minimum atomic E-state index is -0.148. The number of hydrogen-bond donors (Lipinski definition) is 1. The first kappa shape index (κ1) is 11.1. The first-order chi connectivity index (χ1) is 7.66. The number of nitrogens with two attached hydrogens (primary N) is 1. The highest BCUT2D eigenvalue weighted by molar-refractivity contribution is 6.30. The van der Waals surface area contributed by atoms with E-state index in [0.29, 0.717) is 0 Å². The highest BCUT2D eigenvalue weighted by Crippen LogP contribution is 2.21. The normalized spacial score (nSPS) is 12.4. The van der Waals surface area contributed by atoms with Crippen LogP contribution < -0.4 is 5.73 Å². The standard InChI is InChI=1S/C13H13ClN2/c1-9-6-11(8-16-7-9)13(15)10-2-4-12(14)5-3-10/h2-8,13H,15H2,1H3. The minimum Gasteiger partial charge on any atom is -0.320 e. The summed E-state index contributed by atoms with van der Waals surface area (Å²) in [5, 5.41) is 0.721. The summed E-state index contributed by atoms with van der Waals surface area (Å²) in [5.41, 5.74) is 9.32. The van der Waals surface area contributed by atoms with Gasteiger partial charge in [-0.2, -0.15) is 0 Å². The van der Waals surface area contributed by atoms with Crippen molar-refractivity contribution in [1.29, 1.82) is 0 Å². The molecule has 0 radical (unpaired) electrons. The fraction of sp³-hybridized carbons (Fsp3) is 0.154. The van der Waals surface area contributed by atoms with Crippen LogP contribution >= 0.6 is 11.6 Å². The van der Waals surface area contributed by atoms with E-state index in [0.717, 1.165) is 21.7 Å². The first-order valence-corrected chi connectivity index (χ1v) is 5.47. The molecule has 0 bridgehead atoms. The van der Waals surface area contributed by atoms with Crippen molar-refractivity contribution in [3.63, 3.8) is 0 Å². The number of benzene rings is 1. The molecule has 2 rings (SSSR count). The molecule has 1 unspecified atom stereocenters. The van der Waals surface area contributed by atoms with E-state index < -0.39 is 0 Å². The van der Waals surface area contributed by atoms with Gasteiger partial charge < -0.3 is 5.73 Å². The lowest BCUT2D eigenvalue weighted by molar-refractivity contribution is 0.860. The van der Waals surface area contributed by atoms with Crippen molar-refractivity contribution >= 4 is 11.6 Å². The largest absolute Gasteiger partial charge is 0.320 e. The Bertz CT molecular complexity index is 480. The third-order valence-electron chi connectivity index (χ3n) is 2.48. The van der Waals surface area contributed by atoms with E-state index in [1.54, 1.807) is 6.20 Å². The lowest BCUT2D eigenvalue weighted by Crippen LogP contribution is -2.12. The Kier molecular flexibility index (Phi) is 3.22. The zero-order valence-corrected chi connectivity index (χ0v) is 9.78. The van der Waals surface area contributed by atoms with E-state index in [-0.39, 0.29) is 6.04 Å². The van der Waals surface area contributed by atoms with Crippen LogP contribution in [0.4, 0.5) is 0 Å². The number of halogens is 1. The van der Waals surface area contributed by atoms with Crippen molar-refractivity contribution in [3.05, 3.63) is 64.4 Å². The Morgan fingerprint density at radius 3 is 2.44 bits per heavy atom. The SMILES string of the molecule is Cc1cncc(C(N)c2ccc(Cl)cc2)c1. The number of rotatable bonds is 2. The van der Waals surface area contributed by atoms with Crippen molar-refractivity contribution in [1.82, 2.24) is 4.98 Å². The quantitative estimate of drug-likeness (QED) is 0.864. The summed E-state index contributed by atoms with van der Waals surface area (Å²) in [7, 11) is 0. The summed E-state index contributed by atoms with van der Waals surface area (Å²) in [5.74, 6) is 0. The Morgan fingerprint density at radius 1 is 1.12 bits per heavy atom. The molecule has 0 spiro atoms. The molecule has 1 aromatic heterocycles. The molecule has 0 saturated carbocycles. The molecule has 0 aliphatic carbocycles. The fourth-order valence-corrected chi connectivity index (χ4v) is 1.74. The molecule has 82 valence electrons. The molecule has 0 saturated heterocycles. The van der Waals surface area contributed by atoms with Crippen LogP contribution in [0.2, 0.25) is 5.02 Å². The second-order valence-electron chi connectivity index (χ2n) is 3.82. The van der Waals surface area contributed by atoms with E-state index >= 15 is 0 Å². The maximum atomic E-state index is 6.15. The van der Waals surface area contributed by atoms with Crippen LogP contribution in [0, 0.1) is 6.92 Å². The maximum Gasteiger partial charge on any atom is 0.0567 e. The number of pyridine rings is 1. The van der Waals surface area contributed by atoms with Crippen molar-refractivity contribution in [2.24, 2.45) is 5.73 Å². The summed E-state index contributed by atoms with van der Waals surface area (Å²) in [6.07, 6.45) is 3.62. The first-order valence-electron chi connectivity index (χ1n) is 5.09. The summed E-state index contributed by atoms with van der Waals surface area (Å²) in [6.45, 7) is 2.01. The van der Waals surface area contributed by atoms with Crippen molar-refractivity contribution < 1.29 is 0 Å². The van der Waals surface area contributed by atoms with E-state index in [9.17, 15) is 0 Å². The van der Waals surface area contributed by atoms with Crippen LogP contribution in [0.15, 0.2) is 42.7 Å². The van der Waals surface area contributed by atoms with Crippen LogP contribution in [0.25, 0.3) is 0 Å². The van der Waals surface area contributed by atoms with Gasteiger partial charge in [-0.15, -0.1) is 0 Å². The molecule has 0 amide bonds. The second kappa shape index (κ2) is 4.64. The molecule has 16 heavy (non-hydrogen) atoms. The highest BCUT2D eigenvalue weighted by atomic mass is 35.5. The van der Waals surface area contributed by atoms with Gasteiger partial charge in [-0.3, -0.25) is 4.98 Å². The second-order valence-corrected chi connectivity index (χ2v) is 4.26. The lowest BCUT2D eigenvalue weighted by atomic mass is 10.0. The summed E-state index contributed by atoms with van der Waals surface area (Å²) < 4.78 is 0. The van der Waals surface area contributed by atoms with Gasteiger partial charge in [0, 0.05) is 17.4 Å². The topological polar surface area (TPSA) is 38.9 Å². The van der Waals surface area contributed by atoms with E-state index in [4.69, 9.17) is 17.3 Å². The highest BCUT2D eigenvalue weighted by Gasteiger charge is 2.08. The molecule has 1 aromatic carbocycles. The van der Waals surface area contributed by atoms with Crippen molar-refractivity contribution in [2.45, 2.75) is 13.0 Å².